The molecule has 1 aromatic carbocycles. The van der Waals surface area contributed by atoms with Gasteiger partial charge in [-0.05, 0) is 24.3 Å². The van der Waals surface area contributed by atoms with E-state index in [1.54, 1.807) is 30.7 Å². The summed E-state index contributed by atoms with van der Waals surface area (Å²) in [4.78, 5) is 13.0. The van der Waals surface area contributed by atoms with Gasteiger partial charge in [-0.3, -0.25) is 4.79 Å². The third-order valence-electron chi connectivity index (χ3n) is 2.72. The summed E-state index contributed by atoms with van der Waals surface area (Å²) >= 11 is 0. The summed E-state index contributed by atoms with van der Waals surface area (Å²) in [5, 5.41) is 0. The molecule has 0 radical (unpaired) electrons. The fourth-order valence-electron chi connectivity index (χ4n) is 1.80. The monoisotopic (exact) mass is 245 g/mol. The Bertz CT molecular complexity index is 549. The van der Waals surface area contributed by atoms with Crippen molar-refractivity contribution in [2.24, 2.45) is 5.73 Å². The Labute approximate surface area is 105 Å². The molecule has 18 heavy (non-hydrogen) atoms. The summed E-state index contributed by atoms with van der Waals surface area (Å²) in [6.45, 7) is 0.677. The second kappa shape index (κ2) is 4.83. The number of nitrogen functional groups attached to an aromatic ring is 1. The van der Waals surface area contributed by atoms with Crippen LogP contribution in [-0.2, 0) is 6.54 Å². The Hall–Kier alpha value is -2.43. The van der Waals surface area contributed by atoms with E-state index in [1.165, 1.54) is 0 Å². The molecule has 0 bridgehead atoms. The highest BCUT2D eigenvalue weighted by Gasteiger charge is 2.09. The van der Waals surface area contributed by atoms with Gasteiger partial charge in [0.15, 0.2) is 0 Å². The first-order chi connectivity index (χ1) is 8.58. The molecule has 5 nitrogen and oxygen atoms in total. The lowest BCUT2D eigenvalue weighted by Gasteiger charge is -2.20. The van der Waals surface area contributed by atoms with Crippen LogP contribution in [0.5, 0.6) is 0 Å². The molecule has 1 amide bonds. The summed E-state index contributed by atoms with van der Waals surface area (Å²) in [5.74, 6) is -0.481. The summed E-state index contributed by atoms with van der Waals surface area (Å²) < 4.78 is 5.01. The molecule has 94 valence electrons. The molecule has 0 unspecified atom stereocenters. The molecule has 4 N–H and O–H groups in total. The van der Waals surface area contributed by atoms with E-state index in [4.69, 9.17) is 15.9 Å². The first kappa shape index (κ1) is 12.0. The van der Waals surface area contributed by atoms with Crippen LogP contribution in [0.4, 0.5) is 11.4 Å². The van der Waals surface area contributed by atoms with Gasteiger partial charge >= 0.3 is 0 Å². The Morgan fingerprint density at radius 3 is 2.72 bits per heavy atom. The molecular formula is C13H15N3O2. The number of amides is 1. The van der Waals surface area contributed by atoms with Gasteiger partial charge in [-0.15, -0.1) is 0 Å². The van der Waals surface area contributed by atoms with Gasteiger partial charge in [0.25, 0.3) is 0 Å². The van der Waals surface area contributed by atoms with Gasteiger partial charge in [-0.2, -0.15) is 0 Å². The molecule has 1 heterocycles. The maximum Gasteiger partial charge on any atom is 0.248 e. The Morgan fingerprint density at radius 2 is 2.17 bits per heavy atom. The zero-order valence-corrected chi connectivity index (χ0v) is 10.1. The Kier molecular flexibility index (Phi) is 3.23. The summed E-state index contributed by atoms with van der Waals surface area (Å²) in [6, 6.07) is 6.93. The van der Waals surface area contributed by atoms with Crippen molar-refractivity contribution in [3.8, 4) is 0 Å². The van der Waals surface area contributed by atoms with Crippen LogP contribution in [0.25, 0.3) is 0 Å². The van der Waals surface area contributed by atoms with Crippen molar-refractivity contribution in [1.82, 2.24) is 0 Å². The molecule has 0 saturated carbocycles. The number of carbonyl (C=O) groups is 1. The van der Waals surface area contributed by atoms with E-state index in [9.17, 15) is 4.79 Å². The number of primary amides is 1. The Morgan fingerprint density at radius 1 is 1.39 bits per heavy atom. The molecule has 0 saturated heterocycles. The van der Waals surface area contributed by atoms with E-state index in [0.717, 1.165) is 11.3 Å². The fraction of sp³-hybridized carbons (Fsp3) is 0.154. The van der Waals surface area contributed by atoms with E-state index >= 15 is 0 Å². The normalized spacial score (nSPS) is 10.3. The average Bonchev–Trinajstić information content (AvgIpc) is 2.81. The van der Waals surface area contributed by atoms with Crippen molar-refractivity contribution >= 4 is 17.3 Å². The van der Waals surface area contributed by atoms with Crippen LogP contribution in [-0.4, -0.2) is 13.0 Å². The number of hydrogen-bond donors (Lipinski definition) is 2. The van der Waals surface area contributed by atoms with Gasteiger partial charge in [0.2, 0.25) is 5.91 Å². The minimum atomic E-state index is -0.481. The third-order valence-corrected chi connectivity index (χ3v) is 2.72. The number of rotatable bonds is 4. The molecule has 0 aliphatic heterocycles. The van der Waals surface area contributed by atoms with E-state index in [0.29, 0.717) is 17.8 Å². The lowest BCUT2D eigenvalue weighted by atomic mass is 10.1. The largest absolute Gasteiger partial charge is 0.472 e. The highest BCUT2D eigenvalue weighted by atomic mass is 16.3. The highest BCUT2D eigenvalue weighted by molar-refractivity contribution is 5.94. The number of carbonyl (C=O) groups excluding carboxylic acids is 1. The van der Waals surface area contributed by atoms with Crippen LogP contribution in [0, 0.1) is 0 Å². The van der Waals surface area contributed by atoms with Crippen LogP contribution in [0.1, 0.15) is 15.9 Å². The number of nitrogens with zero attached hydrogens (tertiary/aromatic N) is 1. The molecule has 2 aromatic rings. The molecule has 0 fully saturated rings. The second-order valence-electron chi connectivity index (χ2n) is 4.13. The predicted octanol–water partition coefficient (Wildman–Crippen LogP) is 1.60. The van der Waals surface area contributed by atoms with E-state index in [-0.39, 0.29) is 0 Å². The lowest BCUT2D eigenvalue weighted by Crippen LogP contribution is -2.18. The van der Waals surface area contributed by atoms with Gasteiger partial charge in [0.1, 0.15) is 0 Å². The first-order valence-corrected chi connectivity index (χ1v) is 5.49. The zero-order valence-electron chi connectivity index (χ0n) is 10.1. The third kappa shape index (κ3) is 2.45. The lowest BCUT2D eigenvalue weighted by molar-refractivity contribution is 0.100. The minimum absolute atomic E-state index is 0.410. The van der Waals surface area contributed by atoms with Crippen LogP contribution in [0.3, 0.4) is 0 Å². The van der Waals surface area contributed by atoms with Crippen molar-refractivity contribution in [3.05, 3.63) is 47.9 Å². The van der Waals surface area contributed by atoms with Crippen molar-refractivity contribution in [2.45, 2.75) is 6.54 Å². The number of anilines is 2. The van der Waals surface area contributed by atoms with Crippen LogP contribution in [0.2, 0.25) is 0 Å². The molecule has 2 rings (SSSR count). The zero-order chi connectivity index (χ0) is 13.1. The van der Waals surface area contributed by atoms with E-state index in [1.807, 2.05) is 18.0 Å². The topological polar surface area (TPSA) is 85.5 Å². The van der Waals surface area contributed by atoms with Crippen molar-refractivity contribution in [2.75, 3.05) is 17.7 Å². The van der Waals surface area contributed by atoms with Gasteiger partial charge < -0.3 is 20.8 Å². The summed E-state index contributed by atoms with van der Waals surface area (Å²) in [7, 11) is 1.92. The fourth-order valence-corrected chi connectivity index (χ4v) is 1.80. The molecule has 1 aromatic heterocycles. The SMILES string of the molecule is CN(Cc1ccoc1)c1ccc(C(N)=O)cc1N. The van der Waals surface area contributed by atoms with Crippen molar-refractivity contribution in [3.63, 3.8) is 0 Å². The van der Waals surface area contributed by atoms with Gasteiger partial charge in [-0.1, -0.05) is 0 Å². The predicted molar refractivity (Wildman–Crippen MR) is 70.2 cm³/mol. The standard InChI is InChI=1S/C13H15N3O2/c1-16(7-9-4-5-18-8-9)12-3-2-10(13(15)17)6-11(12)14/h2-6,8H,7,14H2,1H3,(H2,15,17). The van der Waals surface area contributed by atoms with Crippen molar-refractivity contribution in [1.29, 1.82) is 0 Å². The smallest absolute Gasteiger partial charge is 0.248 e. The quantitative estimate of drug-likeness (QED) is 0.801. The molecular weight excluding hydrogens is 230 g/mol. The molecule has 5 heteroatoms. The summed E-state index contributed by atoms with van der Waals surface area (Å²) in [6.07, 6.45) is 3.31. The highest BCUT2D eigenvalue weighted by Crippen LogP contribution is 2.24. The maximum atomic E-state index is 11.0. The Balaban J connectivity index is 2.20. The van der Waals surface area contributed by atoms with Crippen molar-refractivity contribution < 1.29 is 9.21 Å². The first-order valence-electron chi connectivity index (χ1n) is 5.49. The molecule has 0 aliphatic carbocycles. The van der Waals surface area contributed by atoms with Crippen LogP contribution in [0.15, 0.2) is 41.2 Å². The van der Waals surface area contributed by atoms with E-state index < -0.39 is 5.91 Å². The van der Waals surface area contributed by atoms with Gasteiger partial charge in [0.05, 0.1) is 23.9 Å². The van der Waals surface area contributed by atoms with Gasteiger partial charge in [0, 0.05) is 24.7 Å². The number of furan rings is 1. The summed E-state index contributed by atoms with van der Waals surface area (Å²) in [5.41, 5.74) is 13.9. The van der Waals surface area contributed by atoms with Crippen LogP contribution < -0.4 is 16.4 Å². The van der Waals surface area contributed by atoms with Crippen LogP contribution >= 0.6 is 0 Å². The number of nitrogens with two attached hydrogens (primary N) is 2. The second-order valence-corrected chi connectivity index (χ2v) is 4.13. The number of benzene rings is 1. The molecule has 0 spiro atoms. The molecule has 0 atom stereocenters. The molecule has 0 aliphatic rings. The number of hydrogen-bond acceptors (Lipinski definition) is 4. The van der Waals surface area contributed by atoms with Gasteiger partial charge in [-0.25, -0.2) is 0 Å². The maximum absolute atomic E-state index is 11.0. The average molecular weight is 245 g/mol. The van der Waals surface area contributed by atoms with E-state index in [2.05, 4.69) is 0 Å². The minimum Gasteiger partial charge on any atom is -0.472 e.